The van der Waals surface area contributed by atoms with Crippen LogP contribution < -0.4 is 10.6 Å². The number of nitrogens with zero attached hydrogens (tertiary/aromatic N) is 2. The molecule has 0 radical (unpaired) electrons. The standard InChI is InChI=1S/C14H26N4O/c19-14(11-17-7-1-5-15-6-9-17)16-12-4-8-18(10-12)13-2-3-13/h12-13,15H,1-11H2,(H,16,19). The Morgan fingerprint density at radius 2 is 2.05 bits per heavy atom. The number of carbonyl (C=O) groups excluding carboxylic acids is 1. The number of rotatable bonds is 4. The highest BCUT2D eigenvalue weighted by Gasteiger charge is 2.34. The summed E-state index contributed by atoms with van der Waals surface area (Å²) in [7, 11) is 0. The van der Waals surface area contributed by atoms with Gasteiger partial charge in [-0.05, 0) is 38.8 Å². The molecule has 1 aliphatic carbocycles. The molecule has 2 N–H and O–H groups in total. The Kier molecular flexibility index (Phi) is 4.35. The zero-order valence-corrected chi connectivity index (χ0v) is 11.7. The highest BCUT2D eigenvalue weighted by atomic mass is 16.2. The predicted octanol–water partition coefficient (Wildman–Crippen LogP) is -0.365. The molecule has 1 unspecified atom stereocenters. The fraction of sp³-hybridized carbons (Fsp3) is 0.929. The third-order valence-corrected chi connectivity index (χ3v) is 4.45. The second-order valence-corrected chi connectivity index (χ2v) is 6.16. The van der Waals surface area contributed by atoms with E-state index in [0.29, 0.717) is 12.6 Å². The first-order chi connectivity index (χ1) is 9.31. The minimum Gasteiger partial charge on any atom is -0.351 e. The lowest BCUT2D eigenvalue weighted by Crippen LogP contribution is -2.44. The van der Waals surface area contributed by atoms with Gasteiger partial charge in [0.1, 0.15) is 0 Å². The van der Waals surface area contributed by atoms with Crippen molar-refractivity contribution in [3.8, 4) is 0 Å². The van der Waals surface area contributed by atoms with Gasteiger partial charge in [0, 0.05) is 38.3 Å². The maximum absolute atomic E-state index is 12.1. The second kappa shape index (κ2) is 6.20. The number of nitrogens with one attached hydrogen (secondary N) is 2. The van der Waals surface area contributed by atoms with Crippen LogP contribution in [0.15, 0.2) is 0 Å². The smallest absolute Gasteiger partial charge is 0.234 e. The third-order valence-electron chi connectivity index (χ3n) is 4.45. The highest BCUT2D eigenvalue weighted by molar-refractivity contribution is 5.78. The van der Waals surface area contributed by atoms with Crippen LogP contribution in [0.25, 0.3) is 0 Å². The molecule has 2 saturated heterocycles. The molecule has 5 heteroatoms. The molecule has 1 saturated carbocycles. The monoisotopic (exact) mass is 266 g/mol. The first-order valence-corrected chi connectivity index (χ1v) is 7.78. The summed E-state index contributed by atoms with van der Waals surface area (Å²) in [5, 5.41) is 6.59. The number of likely N-dealkylation sites (tertiary alicyclic amines) is 1. The van der Waals surface area contributed by atoms with E-state index in [-0.39, 0.29) is 5.91 Å². The minimum atomic E-state index is 0.213. The van der Waals surface area contributed by atoms with Gasteiger partial charge in [-0.2, -0.15) is 0 Å². The molecule has 2 aliphatic heterocycles. The Hall–Kier alpha value is -0.650. The van der Waals surface area contributed by atoms with E-state index in [0.717, 1.165) is 51.6 Å². The van der Waals surface area contributed by atoms with Gasteiger partial charge in [0.2, 0.25) is 5.91 Å². The number of hydrogen-bond acceptors (Lipinski definition) is 4. The van der Waals surface area contributed by atoms with Crippen molar-refractivity contribution < 1.29 is 4.79 Å². The van der Waals surface area contributed by atoms with Gasteiger partial charge in [-0.25, -0.2) is 0 Å². The van der Waals surface area contributed by atoms with Gasteiger partial charge in [-0.3, -0.25) is 14.6 Å². The van der Waals surface area contributed by atoms with Gasteiger partial charge >= 0.3 is 0 Å². The van der Waals surface area contributed by atoms with Crippen LogP contribution in [0.2, 0.25) is 0 Å². The zero-order valence-electron chi connectivity index (χ0n) is 11.7. The molecule has 0 aromatic rings. The van der Waals surface area contributed by atoms with Crippen LogP contribution >= 0.6 is 0 Å². The molecule has 3 fully saturated rings. The molecule has 0 aromatic carbocycles. The average molecular weight is 266 g/mol. The van der Waals surface area contributed by atoms with E-state index in [9.17, 15) is 4.79 Å². The van der Waals surface area contributed by atoms with Gasteiger partial charge < -0.3 is 10.6 Å². The van der Waals surface area contributed by atoms with Crippen molar-refractivity contribution in [2.45, 2.75) is 37.8 Å². The van der Waals surface area contributed by atoms with Crippen molar-refractivity contribution in [1.82, 2.24) is 20.4 Å². The minimum absolute atomic E-state index is 0.213. The fourth-order valence-corrected chi connectivity index (χ4v) is 3.21. The van der Waals surface area contributed by atoms with Crippen LogP contribution in [-0.2, 0) is 4.79 Å². The maximum Gasteiger partial charge on any atom is 0.234 e. The molecule has 0 bridgehead atoms. The van der Waals surface area contributed by atoms with Crippen molar-refractivity contribution in [1.29, 1.82) is 0 Å². The van der Waals surface area contributed by atoms with Crippen molar-refractivity contribution in [3.05, 3.63) is 0 Å². The lowest BCUT2D eigenvalue weighted by Gasteiger charge is -2.21. The van der Waals surface area contributed by atoms with Crippen LogP contribution in [0.1, 0.15) is 25.7 Å². The van der Waals surface area contributed by atoms with Gasteiger partial charge in [0.25, 0.3) is 0 Å². The van der Waals surface area contributed by atoms with Crippen LogP contribution in [-0.4, -0.2) is 73.6 Å². The van der Waals surface area contributed by atoms with Crippen molar-refractivity contribution >= 4 is 5.91 Å². The summed E-state index contributed by atoms with van der Waals surface area (Å²) in [5.74, 6) is 0.213. The number of hydrogen-bond donors (Lipinski definition) is 2. The third kappa shape index (κ3) is 3.91. The molecule has 1 atom stereocenters. The Labute approximate surface area is 115 Å². The molecular weight excluding hydrogens is 240 g/mol. The molecule has 5 nitrogen and oxygen atoms in total. The summed E-state index contributed by atoms with van der Waals surface area (Å²) in [5.41, 5.74) is 0. The van der Waals surface area contributed by atoms with Crippen LogP contribution in [0.4, 0.5) is 0 Å². The molecule has 0 aromatic heterocycles. The van der Waals surface area contributed by atoms with Crippen LogP contribution in [0, 0.1) is 0 Å². The van der Waals surface area contributed by atoms with E-state index in [1.165, 1.54) is 19.4 Å². The van der Waals surface area contributed by atoms with Crippen LogP contribution in [0.3, 0.4) is 0 Å². The quantitative estimate of drug-likeness (QED) is 0.729. The maximum atomic E-state index is 12.1. The fourth-order valence-electron chi connectivity index (χ4n) is 3.21. The molecular formula is C14H26N4O. The molecule has 0 spiro atoms. The molecule has 3 rings (SSSR count). The Morgan fingerprint density at radius 3 is 2.89 bits per heavy atom. The Morgan fingerprint density at radius 1 is 1.16 bits per heavy atom. The normalized spacial score (nSPS) is 30.2. The van der Waals surface area contributed by atoms with Gasteiger partial charge in [0.15, 0.2) is 0 Å². The van der Waals surface area contributed by atoms with Crippen molar-refractivity contribution in [2.24, 2.45) is 0 Å². The first-order valence-electron chi connectivity index (χ1n) is 7.78. The summed E-state index contributed by atoms with van der Waals surface area (Å²) in [6.45, 7) is 6.93. The molecule has 19 heavy (non-hydrogen) atoms. The SMILES string of the molecule is O=C(CN1CCCNCC1)NC1CCN(C2CC2)C1. The average Bonchev–Trinajstić information content (AvgIpc) is 3.17. The van der Waals surface area contributed by atoms with Gasteiger partial charge in [0.05, 0.1) is 6.54 Å². The zero-order chi connectivity index (χ0) is 13.1. The lowest BCUT2D eigenvalue weighted by molar-refractivity contribution is -0.122. The predicted molar refractivity (Wildman–Crippen MR) is 75.1 cm³/mol. The van der Waals surface area contributed by atoms with Crippen LogP contribution in [0.5, 0.6) is 0 Å². The summed E-state index contributed by atoms with van der Waals surface area (Å²) in [4.78, 5) is 16.9. The van der Waals surface area contributed by atoms with Gasteiger partial charge in [-0.1, -0.05) is 0 Å². The number of amides is 1. The summed E-state index contributed by atoms with van der Waals surface area (Å²) < 4.78 is 0. The molecule has 1 amide bonds. The topological polar surface area (TPSA) is 47.6 Å². The van der Waals surface area contributed by atoms with Crippen molar-refractivity contribution in [3.63, 3.8) is 0 Å². The van der Waals surface area contributed by atoms with E-state index >= 15 is 0 Å². The summed E-state index contributed by atoms with van der Waals surface area (Å²) >= 11 is 0. The molecule has 2 heterocycles. The lowest BCUT2D eigenvalue weighted by atomic mass is 10.2. The van der Waals surface area contributed by atoms with Crippen molar-refractivity contribution in [2.75, 3.05) is 45.8 Å². The molecule has 3 aliphatic rings. The van der Waals surface area contributed by atoms with E-state index in [2.05, 4.69) is 20.4 Å². The molecule has 108 valence electrons. The Bertz CT molecular complexity index is 311. The number of carbonyl (C=O) groups is 1. The van der Waals surface area contributed by atoms with E-state index in [1.54, 1.807) is 0 Å². The van der Waals surface area contributed by atoms with E-state index in [1.807, 2.05) is 0 Å². The van der Waals surface area contributed by atoms with E-state index in [4.69, 9.17) is 0 Å². The summed E-state index contributed by atoms with van der Waals surface area (Å²) in [6, 6.07) is 1.22. The Balaban J connectivity index is 1.38. The van der Waals surface area contributed by atoms with Gasteiger partial charge in [-0.15, -0.1) is 0 Å². The second-order valence-electron chi connectivity index (χ2n) is 6.16. The highest BCUT2D eigenvalue weighted by Crippen LogP contribution is 2.29. The summed E-state index contributed by atoms with van der Waals surface area (Å²) in [6.07, 6.45) is 5.00. The first kappa shape index (κ1) is 13.3. The largest absolute Gasteiger partial charge is 0.351 e. The van der Waals surface area contributed by atoms with E-state index < -0.39 is 0 Å².